The predicted molar refractivity (Wildman–Crippen MR) is 209 cm³/mol. The standard InChI is InChI=1S/C46H28N4/c1-2-14-33(15-3-1)49-41-21-11-8-18-36(41)44-37-27-32(23-22-29(37)24-25-42(44)49)45-35-17-6-9-19-39(35)47-46(48-45)50-40-20-10-7-16-34(40)38-26-30-12-4-5-13-31(30)28-43(38)50/h1-28H. The molecule has 0 saturated heterocycles. The van der Waals surface area contributed by atoms with Crippen molar-refractivity contribution < 1.29 is 0 Å². The van der Waals surface area contributed by atoms with Gasteiger partial charge in [0.1, 0.15) is 0 Å². The van der Waals surface area contributed by atoms with Crippen LogP contribution in [0.5, 0.6) is 0 Å². The zero-order valence-corrected chi connectivity index (χ0v) is 27.0. The van der Waals surface area contributed by atoms with Gasteiger partial charge in [0.25, 0.3) is 0 Å². The van der Waals surface area contributed by atoms with Gasteiger partial charge in [0, 0.05) is 38.2 Å². The largest absolute Gasteiger partial charge is 0.309 e. The molecule has 0 aliphatic carbocycles. The summed E-state index contributed by atoms with van der Waals surface area (Å²) in [5, 5.41) is 10.7. The maximum Gasteiger partial charge on any atom is 0.235 e. The second-order valence-corrected chi connectivity index (χ2v) is 13.0. The number of hydrogen-bond donors (Lipinski definition) is 0. The van der Waals surface area contributed by atoms with Crippen LogP contribution in [0.25, 0.3) is 99.0 Å². The molecule has 0 aliphatic heterocycles. The Kier molecular flexibility index (Phi) is 5.63. The third-order valence-electron chi connectivity index (χ3n) is 10.3. The first-order valence-electron chi connectivity index (χ1n) is 17.0. The zero-order valence-electron chi connectivity index (χ0n) is 27.0. The number of aromatic nitrogens is 4. The summed E-state index contributed by atoms with van der Waals surface area (Å²) in [5.41, 5.74) is 8.62. The molecular weight excluding hydrogens is 609 g/mol. The first kappa shape index (κ1) is 27.2. The fourth-order valence-electron chi connectivity index (χ4n) is 8.04. The maximum atomic E-state index is 5.44. The number of hydrogen-bond acceptors (Lipinski definition) is 2. The van der Waals surface area contributed by atoms with Crippen molar-refractivity contribution in [2.24, 2.45) is 0 Å². The van der Waals surface area contributed by atoms with E-state index >= 15 is 0 Å². The van der Waals surface area contributed by atoms with E-state index in [-0.39, 0.29) is 0 Å². The summed E-state index contributed by atoms with van der Waals surface area (Å²) in [6.07, 6.45) is 0. The lowest BCUT2D eigenvalue weighted by molar-refractivity contribution is 1.01. The topological polar surface area (TPSA) is 35.6 Å². The summed E-state index contributed by atoms with van der Waals surface area (Å²) >= 11 is 0. The second-order valence-electron chi connectivity index (χ2n) is 13.0. The van der Waals surface area contributed by atoms with Crippen molar-refractivity contribution in [2.45, 2.75) is 0 Å². The van der Waals surface area contributed by atoms with Crippen molar-refractivity contribution in [3.63, 3.8) is 0 Å². The Morgan fingerprint density at radius 2 is 1.02 bits per heavy atom. The molecule has 8 aromatic carbocycles. The molecule has 0 spiro atoms. The number of fused-ring (bicyclic) bond motifs is 10. The molecule has 0 N–H and O–H groups in total. The van der Waals surface area contributed by atoms with E-state index in [1.165, 1.54) is 54.1 Å². The smallest absolute Gasteiger partial charge is 0.235 e. The van der Waals surface area contributed by atoms with Crippen LogP contribution < -0.4 is 0 Å². The number of nitrogens with zero attached hydrogens (tertiary/aromatic N) is 4. The van der Waals surface area contributed by atoms with Gasteiger partial charge < -0.3 is 4.57 Å². The highest BCUT2D eigenvalue weighted by Crippen LogP contribution is 2.40. The van der Waals surface area contributed by atoms with Crippen LogP contribution in [0.15, 0.2) is 170 Å². The fraction of sp³-hybridized carbons (Fsp3) is 0. The van der Waals surface area contributed by atoms with Gasteiger partial charge in [-0.05, 0) is 76.1 Å². The number of rotatable bonds is 3. The molecule has 232 valence electrons. The first-order valence-corrected chi connectivity index (χ1v) is 17.0. The lowest BCUT2D eigenvalue weighted by Gasteiger charge is -2.13. The van der Waals surface area contributed by atoms with Gasteiger partial charge in [0.05, 0.1) is 33.3 Å². The van der Waals surface area contributed by atoms with Crippen molar-refractivity contribution in [1.82, 2.24) is 19.1 Å². The van der Waals surface area contributed by atoms with Gasteiger partial charge in [0.2, 0.25) is 5.95 Å². The minimum Gasteiger partial charge on any atom is -0.309 e. The monoisotopic (exact) mass is 636 g/mol. The second kappa shape index (κ2) is 10.4. The number of benzene rings is 8. The summed E-state index contributed by atoms with van der Waals surface area (Å²) in [6.45, 7) is 0. The van der Waals surface area contributed by atoms with Crippen molar-refractivity contribution in [3.05, 3.63) is 170 Å². The normalized spacial score (nSPS) is 12.0. The predicted octanol–water partition coefficient (Wildman–Crippen LogP) is 11.8. The van der Waals surface area contributed by atoms with Crippen molar-refractivity contribution in [2.75, 3.05) is 0 Å². The highest BCUT2D eigenvalue weighted by molar-refractivity contribution is 6.22. The number of para-hydroxylation sites is 4. The van der Waals surface area contributed by atoms with Crippen LogP contribution in [0.1, 0.15) is 0 Å². The van der Waals surface area contributed by atoms with Gasteiger partial charge >= 0.3 is 0 Å². The Labute approximate surface area is 287 Å². The highest BCUT2D eigenvalue weighted by Gasteiger charge is 2.19. The molecule has 0 aliphatic rings. The molecule has 0 atom stereocenters. The third kappa shape index (κ3) is 3.87. The van der Waals surface area contributed by atoms with E-state index in [1.807, 2.05) is 0 Å². The molecule has 0 amide bonds. The average Bonchev–Trinajstić information content (AvgIpc) is 3.69. The lowest BCUT2D eigenvalue weighted by Crippen LogP contribution is -2.03. The van der Waals surface area contributed by atoms with Crippen molar-refractivity contribution in [1.29, 1.82) is 0 Å². The molecule has 11 rings (SSSR count). The van der Waals surface area contributed by atoms with Crippen LogP contribution in [0.2, 0.25) is 0 Å². The van der Waals surface area contributed by atoms with Crippen LogP contribution in [0.4, 0.5) is 0 Å². The summed E-state index contributed by atoms with van der Waals surface area (Å²) in [7, 11) is 0. The molecule has 0 saturated carbocycles. The quantitative estimate of drug-likeness (QED) is 0.193. The van der Waals surface area contributed by atoms with Crippen molar-refractivity contribution >= 4 is 76.1 Å². The van der Waals surface area contributed by atoms with Crippen LogP contribution in [0.3, 0.4) is 0 Å². The molecular formula is C46H28N4. The van der Waals surface area contributed by atoms with Gasteiger partial charge in [-0.1, -0.05) is 115 Å². The summed E-state index contributed by atoms with van der Waals surface area (Å²) in [6, 6.07) is 60.7. The molecule has 0 unspecified atom stereocenters. The molecule has 3 aromatic heterocycles. The maximum absolute atomic E-state index is 5.44. The van der Waals surface area contributed by atoms with E-state index in [0.717, 1.165) is 38.9 Å². The zero-order chi connectivity index (χ0) is 32.8. The van der Waals surface area contributed by atoms with Crippen molar-refractivity contribution in [3.8, 4) is 22.9 Å². The van der Waals surface area contributed by atoms with Gasteiger partial charge in [-0.25, -0.2) is 9.97 Å². The van der Waals surface area contributed by atoms with Crippen LogP contribution >= 0.6 is 0 Å². The summed E-state index contributed by atoms with van der Waals surface area (Å²) in [4.78, 5) is 10.7. The molecule has 4 heteroatoms. The van der Waals surface area contributed by atoms with Crippen LogP contribution in [-0.4, -0.2) is 19.1 Å². The minimum atomic E-state index is 0.666. The Morgan fingerprint density at radius 3 is 1.86 bits per heavy atom. The van der Waals surface area contributed by atoms with Crippen LogP contribution in [0, 0.1) is 0 Å². The van der Waals surface area contributed by atoms with Gasteiger partial charge in [0.15, 0.2) is 0 Å². The molecule has 11 aromatic rings. The Balaban J connectivity index is 1.21. The van der Waals surface area contributed by atoms with E-state index in [0.29, 0.717) is 5.95 Å². The van der Waals surface area contributed by atoms with E-state index in [9.17, 15) is 0 Å². The van der Waals surface area contributed by atoms with E-state index in [4.69, 9.17) is 9.97 Å². The highest BCUT2D eigenvalue weighted by atomic mass is 15.2. The molecule has 4 nitrogen and oxygen atoms in total. The van der Waals surface area contributed by atoms with Gasteiger partial charge in [-0.2, -0.15) is 0 Å². The lowest BCUT2D eigenvalue weighted by atomic mass is 9.98. The molecule has 0 bridgehead atoms. The third-order valence-corrected chi connectivity index (χ3v) is 10.3. The van der Waals surface area contributed by atoms with E-state index in [1.54, 1.807) is 0 Å². The Bertz CT molecular complexity index is 3150. The first-order chi connectivity index (χ1) is 24.8. The average molecular weight is 637 g/mol. The molecule has 3 heterocycles. The minimum absolute atomic E-state index is 0.666. The fourth-order valence-corrected chi connectivity index (χ4v) is 8.04. The van der Waals surface area contributed by atoms with Gasteiger partial charge in [-0.15, -0.1) is 0 Å². The molecule has 50 heavy (non-hydrogen) atoms. The Hall–Kier alpha value is -6.78. The van der Waals surface area contributed by atoms with E-state index in [2.05, 4.69) is 179 Å². The SMILES string of the molecule is c1ccc(-n2c3ccccc3c3c4cc(-c5nc(-n6c7ccccc7c7cc8ccccc8cc76)nc6ccccc56)ccc4ccc32)cc1. The molecule has 0 fully saturated rings. The van der Waals surface area contributed by atoms with E-state index < -0.39 is 0 Å². The summed E-state index contributed by atoms with van der Waals surface area (Å²) < 4.78 is 4.61. The molecule has 0 radical (unpaired) electrons. The van der Waals surface area contributed by atoms with Gasteiger partial charge in [-0.3, -0.25) is 4.57 Å². The summed E-state index contributed by atoms with van der Waals surface area (Å²) in [5.74, 6) is 0.666. The Morgan fingerprint density at radius 1 is 0.360 bits per heavy atom. The van der Waals surface area contributed by atoms with Crippen LogP contribution in [-0.2, 0) is 0 Å².